The lowest BCUT2D eigenvalue weighted by molar-refractivity contribution is 0.0524. The number of fused-ring (bicyclic) bond motifs is 1. The van der Waals surface area contributed by atoms with E-state index in [0.29, 0.717) is 34.7 Å². The molecule has 2 aromatic carbocycles. The molecule has 4 aromatic rings. The summed E-state index contributed by atoms with van der Waals surface area (Å²) in [6, 6.07) is 15.4. The van der Waals surface area contributed by atoms with Crippen molar-refractivity contribution in [3.05, 3.63) is 69.8 Å². The average Bonchev–Trinajstić information content (AvgIpc) is 3.22. The van der Waals surface area contributed by atoms with Crippen molar-refractivity contribution in [2.24, 2.45) is 0 Å². The number of rotatable bonds is 6. The number of hydrogen-bond donors (Lipinski definition) is 0. The van der Waals surface area contributed by atoms with Crippen molar-refractivity contribution in [2.75, 3.05) is 6.61 Å². The van der Waals surface area contributed by atoms with Crippen molar-refractivity contribution >= 4 is 44.6 Å². The summed E-state index contributed by atoms with van der Waals surface area (Å²) >= 11 is 4.75. The molecule has 0 aliphatic rings. The fourth-order valence-corrected chi connectivity index (χ4v) is 4.10. The number of nitrogens with zero attached hydrogens (tertiary/aromatic N) is 3. The minimum absolute atomic E-state index is 0.303. The fraction of sp³-hybridized carbons (Fsp3) is 0.182. The van der Waals surface area contributed by atoms with Crippen LogP contribution in [0.2, 0.25) is 0 Å². The fourth-order valence-electron chi connectivity index (χ4n) is 3.13. The molecule has 0 amide bonds. The van der Waals surface area contributed by atoms with Crippen molar-refractivity contribution in [3.8, 4) is 11.5 Å². The number of benzene rings is 2. The van der Waals surface area contributed by atoms with Gasteiger partial charge in [0, 0.05) is 21.2 Å². The maximum Gasteiger partial charge on any atom is 0.340 e. The summed E-state index contributed by atoms with van der Waals surface area (Å²) in [4.78, 5) is 17.3. The third-order valence-electron chi connectivity index (χ3n) is 4.54. The zero-order valence-electron chi connectivity index (χ0n) is 16.4. The van der Waals surface area contributed by atoms with Crippen LogP contribution in [0, 0.1) is 6.92 Å². The normalized spacial score (nSPS) is 11.0. The number of hydrogen-bond acceptors (Lipinski definition) is 7. The number of ether oxygens (including phenoxy) is 1. The minimum Gasteiger partial charge on any atom is -0.462 e. The summed E-state index contributed by atoms with van der Waals surface area (Å²) < 4.78 is 12.0. The van der Waals surface area contributed by atoms with E-state index in [-0.39, 0.29) is 5.97 Å². The first-order chi connectivity index (χ1) is 14.6. The van der Waals surface area contributed by atoms with E-state index >= 15 is 0 Å². The summed E-state index contributed by atoms with van der Waals surface area (Å²) in [5.41, 5.74) is 3.66. The Kier molecular flexibility index (Phi) is 6.15. The molecule has 30 heavy (non-hydrogen) atoms. The van der Waals surface area contributed by atoms with E-state index in [2.05, 4.69) is 26.1 Å². The topological polar surface area (TPSA) is 78.1 Å². The second kappa shape index (κ2) is 8.97. The van der Waals surface area contributed by atoms with Crippen LogP contribution in [0.4, 0.5) is 0 Å². The van der Waals surface area contributed by atoms with Gasteiger partial charge in [-0.05, 0) is 49.7 Å². The third-order valence-corrected chi connectivity index (χ3v) is 5.89. The summed E-state index contributed by atoms with van der Waals surface area (Å²) in [5, 5.41) is 9.58. The monoisotopic (exact) mass is 483 g/mol. The van der Waals surface area contributed by atoms with E-state index in [0.717, 1.165) is 26.5 Å². The molecular formula is C22H18BrN3O3S. The Balaban J connectivity index is 1.63. The Morgan fingerprint density at radius 2 is 1.90 bits per heavy atom. The lowest BCUT2D eigenvalue weighted by atomic mass is 10.0. The number of halogens is 1. The molecule has 0 fully saturated rings. The molecule has 2 aromatic heterocycles. The van der Waals surface area contributed by atoms with Gasteiger partial charge in [-0.1, -0.05) is 45.9 Å². The van der Waals surface area contributed by atoms with Gasteiger partial charge in [0.1, 0.15) is 0 Å². The molecule has 0 spiro atoms. The number of pyridine rings is 1. The van der Waals surface area contributed by atoms with Crippen molar-refractivity contribution in [1.82, 2.24) is 15.2 Å². The van der Waals surface area contributed by atoms with Crippen LogP contribution in [0.5, 0.6) is 0 Å². The number of para-hydroxylation sites is 1. The van der Waals surface area contributed by atoms with Crippen LogP contribution in [0.15, 0.2) is 62.6 Å². The molecule has 4 rings (SSSR count). The number of esters is 1. The SMILES string of the molecule is CCOC(=O)c1c(CSc2nnc(-c3ccc(Br)cc3)o2)nc2ccccc2c1C. The van der Waals surface area contributed by atoms with Gasteiger partial charge >= 0.3 is 5.97 Å². The van der Waals surface area contributed by atoms with E-state index in [4.69, 9.17) is 14.1 Å². The minimum atomic E-state index is -0.370. The third kappa shape index (κ3) is 4.24. The Hall–Kier alpha value is -2.71. The predicted molar refractivity (Wildman–Crippen MR) is 119 cm³/mol. The number of aromatic nitrogens is 3. The van der Waals surface area contributed by atoms with E-state index in [9.17, 15) is 4.79 Å². The molecule has 6 nitrogen and oxygen atoms in total. The molecular weight excluding hydrogens is 466 g/mol. The maximum atomic E-state index is 12.6. The molecule has 0 saturated carbocycles. The average molecular weight is 484 g/mol. The van der Waals surface area contributed by atoms with Crippen molar-refractivity contribution in [3.63, 3.8) is 0 Å². The molecule has 2 heterocycles. The molecule has 0 unspecified atom stereocenters. The van der Waals surface area contributed by atoms with Crippen LogP contribution >= 0.6 is 27.7 Å². The summed E-state index contributed by atoms with van der Waals surface area (Å²) in [6.45, 7) is 4.01. The van der Waals surface area contributed by atoms with Gasteiger partial charge < -0.3 is 9.15 Å². The van der Waals surface area contributed by atoms with Crippen LogP contribution in [0.1, 0.15) is 28.5 Å². The maximum absolute atomic E-state index is 12.6. The Labute approximate surface area is 186 Å². The molecule has 8 heteroatoms. The van der Waals surface area contributed by atoms with Gasteiger partial charge in [-0.2, -0.15) is 0 Å². The number of aryl methyl sites for hydroxylation is 1. The smallest absolute Gasteiger partial charge is 0.340 e. The van der Waals surface area contributed by atoms with E-state index in [1.807, 2.05) is 55.5 Å². The van der Waals surface area contributed by atoms with Crippen LogP contribution in [-0.4, -0.2) is 27.8 Å². The second-order valence-electron chi connectivity index (χ2n) is 6.46. The van der Waals surface area contributed by atoms with Crippen LogP contribution in [0.3, 0.4) is 0 Å². The highest BCUT2D eigenvalue weighted by molar-refractivity contribution is 9.10. The summed E-state index contributed by atoms with van der Waals surface area (Å²) in [7, 11) is 0. The molecule has 152 valence electrons. The Morgan fingerprint density at radius 1 is 1.13 bits per heavy atom. The standard InChI is InChI=1S/C22H18BrN3O3S/c1-3-28-21(27)19-13(2)16-6-4-5-7-17(16)24-18(19)12-30-22-26-25-20(29-22)14-8-10-15(23)11-9-14/h4-11H,3,12H2,1-2H3. The highest BCUT2D eigenvalue weighted by Crippen LogP contribution is 2.30. The van der Waals surface area contributed by atoms with Gasteiger partial charge in [-0.25, -0.2) is 4.79 Å². The first kappa shape index (κ1) is 20.6. The van der Waals surface area contributed by atoms with E-state index in [1.54, 1.807) is 6.92 Å². The van der Waals surface area contributed by atoms with Gasteiger partial charge in [0.05, 0.1) is 23.4 Å². The van der Waals surface area contributed by atoms with Gasteiger partial charge in [-0.15, -0.1) is 10.2 Å². The van der Waals surface area contributed by atoms with Crippen LogP contribution in [0.25, 0.3) is 22.4 Å². The molecule has 0 saturated heterocycles. The predicted octanol–water partition coefficient (Wildman–Crippen LogP) is 5.82. The van der Waals surface area contributed by atoms with Crippen molar-refractivity contribution < 1.29 is 13.9 Å². The van der Waals surface area contributed by atoms with E-state index in [1.165, 1.54) is 11.8 Å². The first-order valence-electron chi connectivity index (χ1n) is 9.34. The zero-order chi connectivity index (χ0) is 21.1. The number of thioether (sulfide) groups is 1. The molecule has 0 aliphatic carbocycles. The summed E-state index contributed by atoms with van der Waals surface area (Å²) in [5.74, 6) is 0.477. The highest BCUT2D eigenvalue weighted by Gasteiger charge is 2.21. The highest BCUT2D eigenvalue weighted by atomic mass is 79.9. The zero-order valence-corrected chi connectivity index (χ0v) is 18.8. The Morgan fingerprint density at radius 3 is 2.67 bits per heavy atom. The summed E-state index contributed by atoms with van der Waals surface area (Å²) in [6.07, 6.45) is 0. The van der Waals surface area contributed by atoms with E-state index < -0.39 is 0 Å². The number of carbonyl (C=O) groups excluding carboxylic acids is 1. The van der Waals surface area contributed by atoms with Gasteiger partial charge in [0.25, 0.3) is 5.22 Å². The largest absolute Gasteiger partial charge is 0.462 e. The molecule has 0 bridgehead atoms. The lowest BCUT2D eigenvalue weighted by Crippen LogP contribution is -2.12. The second-order valence-corrected chi connectivity index (χ2v) is 8.31. The van der Waals surface area contributed by atoms with Crippen LogP contribution in [-0.2, 0) is 10.5 Å². The Bertz CT molecular complexity index is 1210. The molecule has 0 atom stereocenters. The van der Waals surface area contributed by atoms with Crippen molar-refractivity contribution in [2.45, 2.75) is 24.8 Å². The molecule has 0 aliphatic heterocycles. The van der Waals surface area contributed by atoms with Gasteiger partial charge in [-0.3, -0.25) is 4.98 Å². The quantitative estimate of drug-likeness (QED) is 0.252. The molecule has 0 radical (unpaired) electrons. The van der Waals surface area contributed by atoms with Crippen LogP contribution < -0.4 is 0 Å². The lowest BCUT2D eigenvalue weighted by Gasteiger charge is -2.13. The van der Waals surface area contributed by atoms with Gasteiger partial charge in [0.2, 0.25) is 5.89 Å². The molecule has 0 N–H and O–H groups in total. The first-order valence-corrected chi connectivity index (χ1v) is 11.1. The number of carbonyl (C=O) groups is 1. The van der Waals surface area contributed by atoms with Crippen molar-refractivity contribution in [1.29, 1.82) is 0 Å². The van der Waals surface area contributed by atoms with Gasteiger partial charge in [0.15, 0.2) is 0 Å².